The molecule has 0 bridgehead atoms. The van der Waals surface area contributed by atoms with Gasteiger partial charge in [0.15, 0.2) is 0 Å². The normalized spacial score (nSPS) is 41.7. The Bertz CT molecular complexity index is 114. The van der Waals surface area contributed by atoms with Gasteiger partial charge < -0.3 is 10.1 Å². The smallest absolute Gasteiger partial charge is 0.0672 e. The first-order valence-corrected chi connectivity index (χ1v) is 4.21. The zero-order valence-electron chi connectivity index (χ0n) is 6.47. The minimum Gasteiger partial charge on any atom is -0.376 e. The number of rotatable bonds is 1. The van der Waals surface area contributed by atoms with Crippen molar-refractivity contribution in [2.24, 2.45) is 5.92 Å². The first-order valence-electron chi connectivity index (χ1n) is 4.21. The molecule has 1 saturated carbocycles. The lowest BCUT2D eigenvalue weighted by molar-refractivity contribution is 0.0104. The minimum atomic E-state index is 0.426. The van der Waals surface area contributed by atoms with Crippen molar-refractivity contribution < 1.29 is 4.74 Å². The van der Waals surface area contributed by atoms with Crippen LogP contribution >= 0.6 is 0 Å². The van der Waals surface area contributed by atoms with Crippen molar-refractivity contribution in [3.05, 3.63) is 0 Å². The highest BCUT2D eigenvalue weighted by Crippen LogP contribution is 2.33. The summed E-state index contributed by atoms with van der Waals surface area (Å²) < 4.78 is 5.53. The van der Waals surface area contributed by atoms with E-state index in [2.05, 4.69) is 12.2 Å². The molecule has 0 amide bonds. The summed E-state index contributed by atoms with van der Waals surface area (Å²) in [5, 5.41) is 3.51. The maximum absolute atomic E-state index is 5.53. The molecule has 0 spiro atoms. The quantitative estimate of drug-likeness (QED) is 0.582. The third kappa shape index (κ3) is 1.32. The third-order valence-corrected chi connectivity index (χ3v) is 2.42. The minimum absolute atomic E-state index is 0.426. The van der Waals surface area contributed by atoms with E-state index in [9.17, 15) is 0 Å². The summed E-state index contributed by atoms with van der Waals surface area (Å²) in [6.45, 7) is 4.10. The molecule has 2 heteroatoms. The van der Waals surface area contributed by atoms with Gasteiger partial charge in [0, 0.05) is 12.6 Å². The molecule has 58 valence electrons. The molecular weight excluding hydrogens is 126 g/mol. The summed E-state index contributed by atoms with van der Waals surface area (Å²) >= 11 is 0. The van der Waals surface area contributed by atoms with Crippen LogP contribution in [0.1, 0.15) is 19.8 Å². The van der Waals surface area contributed by atoms with Crippen molar-refractivity contribution >= 4 is 0 Å². The average molecular weight is 141 g/mol. The summed E-state index contributed by atoms with van der Waals surface area (Å²) in [6, 6.07) is 0.677. The van der Waals surface area contributed by atoms with Gasteiger partial charge in [-0.3, -0.25) is 0 Å². The summed E-state index contributed by atoms with van der Waals surface area (Å²) in [5.74, 6) is 0.937. The predicted molar refractivity (Wildman–Crippen MR) is 39.9 cm³/mol. The molecule has 2 aliphatic rings. The van der Waals surface area contributed by atoms with Crippen LogP contribution in [-0.2, 0) is 4.74 Å². The van der Waals surface area contributed by atoms with E-state index in [4.69, 9.17) is 4.74 Å². The van der Waals surface area contributed by atoms with Gasteiger partial charge in [-0.1, -0.05) is 0 Å². The average Bonchev–Trinajstić information content (AvgIpc) is 2.71. The first-order chi connectivity index (χ1) is 4.86. The van der Waals surface area contributed by atoms with Crippen LogP contribution in [0.25, 0.3) is 0 Å². The first kappa shape index (κ1) is 6.62. The lowest BCUT2D eigenvalue weighted by Crippen LogP contribution is -2.46. The molecule has 1 aliphatic carbocycles. The van der Waals surface area contributed by atoms with Crippen LogP contribution in [0.3, 0.4) is 0 Å². The van der Waals surface area contributed by atoms with Gasteiger partial charge in [0.05, 0.1) is 12.7 Å². The molecule has 1 aliphatic heterocycles. The van der Waals surface area contributed by atoms with Crippen molar-refractivity contribution in [1.29, 1.82) is 0 Å². The van der Waals surface area contributed by atoms with Crippen LogP contribution in [0, 0.1) is 5.92 Å². The molecule has 2 fully saturated rings. The Morgan fingerprint density at radius 3 is 2.70 bits per heavy atom. The van der Waals surface area contributed by atoms with E-state index in [1.165, 1.54) is 12.8 Å². The molecular formula is C8H15NO. The fraction of sp³-hybridized carbons (Fsp3) is 1.00. The summed E-state index contributed by atoms with van der Waals surface area (Å²) in [5.41, 5.74) is 0. The van der Waals surface area contributed by atoms with Crippen molar-refractivity contribution in [2.75, 3.05) is 13.2 Å². The second-order valence-electron chi connectivity index (χ2n) is 3.50. The van der Waals surface area contributed by atoms with Crippen LogP contribution in [0.15, 0.2) is 0 Å². The van der Waals surface area contributed by atoms with Crippen LogP contribution in [-0.4, -0.2) is 25.3 Å². The van der Waals surface area contributed by atoms with Crippen LogP contribution in [0.5, 0.6) is 0 Å². The van der Waals surface area contributed by atoms with Gasteiger partial charge in [-0.15, -0.1) is 0 Å². The Morgan fingerprint density at radius 2 is 2.20 bits per heavy atom. The Kier molecular flexibility index (Phi) is 1.66. The Morgan fingerprint density at radius 1 is 1.40 bits per heavy atom. The Hall–Kier alpha value is -0.0800. The molecule has 10 heavy (non-hydrogen) atoms. The molecule has 2 nitrogen and oxygen atoms in total. The molecule has 1 saturated heterocycles. The highest BCUT2D eigenvalue weighted by atomic mass is 16.5. The predicted octanol–water partition coefficient (Wildman–Crippen LogP) is 0.773. The zero-order valence-corrected chi connectivity index (χ0v) is 6.47. The lowest BCUT2D eigenvalue weighted by atomic mass is 10.1. The maximum atomic E-state index is 5.53. The van der Waals surface area contributed by atoms with Gasteiger partial charge >= 0.3 is 0 Å². The molecule has 2 rings (SSSR count). The highest BCUT2D eigenvalue weighted by Gasteiger charge is 2.33. The number of ether oxygens (including phenoxy) is 1. The zero-order chi connectivity index (χ0) is 6.97. The summed E-state index contributed by atoms with van der Waals surface area (Å²) in [4.78, 5) is 0. The standard InChI is InChI=1S/C8H15NO/c1-6-4-9-8(5-10-6)7-2-3-7/h6-9H,2-5H2,1H3. The van der Waals surface area contributed by atoms with E-state index in [0.29, 0.717) is 12.1 Å². The number of nitrogens with one attached hydrogen (secondary N) is 1. The van der Waals surface area contributed by atoms with E-state index in [1.54, 1.807) is 0 Å². The SMILES string of the molecule is CC1CNC(C2CC2)CO1. The van der Waals surface area contributed by atoms with Crippen LogP contribution in [0.4, 0.5) is 0 Å². The second-order valence-corrected chi connectivity index (χ2v) is 3.50. The number of hydrogen-bond donors (Lipinski definition) is 1. The molecule has 0 radical (unpaired) electrons. The van der Waals surface area contributed by atoms with E-state index < -0.39 is 0 Å². The Labute approximate surface area is 61.9 Å². The molecule has 0 aromatic carbocycles. The number of morpholine rings is 1. The van der Waals surface area contributed by atoms with Crippen molar-refractivity contribution in [2.45, 2.75) is 31.9 Å². The van der Waals surface area contributed by atoms with Crippen molar-refractivity contribution in [3.63, 3.8) is 0 Å². The van der Waals surface area contributed by atoms with E-state index in [-0.39, 0.29) is 0 Å². The van der Waals surface area contributed by atoms with Gasteiger partial charge in [-0.05, 0) is 25.7 Å². The van der Waals surface area contributed by atoms with Crippen molar-refractivity contribution in [1.82, 2.24) is 5.32 Å². The van der Waals surface area contributed by atoms with Crippen LogP contribution < -0.4 is 5.32 Å². The monoisotopic (exact) mass is 141 g/mol. The molecule has 2 atom stereocenters. The summed E-state index contributed by atoms with van der Waals surface area (Å²) in [7, 11) is 0. The highest BCUT2D eigenvalue weighted by molar-refractivity contribution is 4.88. The largest absolute Gasteiger partial charge is 0.376 e. The fourth-order valence-corrected chi connectivity index (χ4v) is 1.50. The van der Waals surface area contributed by atoms with Gasteiger partial charge in [0.2, 0.25) is 0 Å². The third-order valence-electron chi connectivity index (χ3n) is 2.42. The number of hydrogen-bond acceptors (Lipinski definition) is 2. The van der Waals surface area contributed by atoms with Gasteiger partial charge in [-0.2, -0.15) is 0 Å². The molecule has 2 unspecified atom stereocenters. The molecule has 0 aromatic heterocycles. The van der Waals surface area contributed by atoms with Crippen LogP contribution in [0.2, 0.25) is 0 Å². The van der Waals surface area contributed by atoms with E-state index >= 15 is 0 Å². The topological polar surface area (TPSA) is 21.3 Å². The van der Waals surface area contributed by atoms with E-state index in [0.717, 1.165) is 19.1 Å². The molecule has 1 N–H and O–H groups in total. The lowest BCUT2D eigenvalue weighted by Gasteiger charge is -2.28. The maximum Gasteiger partial charge on any atom is 0.0672 e. The Balaban J connectivity index is 1.79. The second kappa shape index (κ2) is 2.51. The van der Waals surface area contributed by atoms with Crippen molar-refractivity contribution in [3.8, 4) is 0 Å². The van der Waals surface area contributed by atoms with Gasteiger partial charge in [-0.25, -0.2) is 0 Å². The van der Waals surface area contributed by atoms with Gasteiger partial charge in [0.25, 0.3) is 0 Å². The summed E-state index contributed by atoms with van der Waals surface area (Å²) in [6.07, 6.45) is 3.25. The molecule has 1 heterocycles. The van der Waals surface area contributed by atoms with Gasteiger partial charge in [0.1, 0.15) is 0 Å². The molecule has 0 aromatic rings. The van der Waals surface area contributed by atoms with E-state index in [1.807, 2.05) is 0 Å². The fourth-order valence-electron chi connectivity index (χ4n) is 1.50.